The molecule has 0 saturated heterocycles. The molecule has 8 heteroatoms. The molecular formula is C21H13BrCl2N4O. The van der Waals surface area contributed by atoms with Gasteiger partial charge < -0.3 is 0 Å². The molecule has 4 rings (SSSR count). The highest BCUT2D eigenvalue weighted by molar-refractivity contribution is 9.10. The van der Waals surface area contributed by atoms with Gasteiger partial charge in [-0.3, -0.25) is 4.79 Å². The number of hydrogen-bond donors (Lipinski definition) is 0. The molecule has 2 aromatic carbocycles. The zero-order valence-electron chi connectivity index (χ0n) is 15.1. The molecule has 0 fully saturated rings. The summed E-state index contributed by atoms with van der Waals surface area (Å²) in [5.41, 5.74) is 3.69. The van der Waals surface area contributed by atoms with Gasteiger partial charge in [-0.05, 0) is 37.3 Å². The van der Waals surface area contributed by atoms with Gasteiger partial charge in [0.15, 0.2) is 0 Å². The average molecular weight is 488 g/mol. The predicted molar refractivity (Wildman–Crippen MR) is 117 cm³/mol. The average Bonchev–Trinajstić information content (AvgIpc) is 3.05. The van der Waals surface area contributed by atoms with E-state index in [1.807, 2.05) is 31.2 Å². The Kier molecular flexibility index (Phi) is 5.50. The van der Waals surface area contributed by atoms with Gasteiger partial charge in [-0.15, -0.1) is 0 Å². The summed E-state index contributed by atoms with van der Waals surface area (Å²) in [5.74, 6) is -0.259. The van der Waals surface area contributed by atoms with E-state index in [-0.39, 0.29) is 5.78 Å². The minimum Gasteiger partial charge on any atom is -0.287 e. The van der Waals surface area contributed by atoms with Crippen molar-refractivity contribution < 1.29 is 4.79 Å². The third-order valence-corrected chi connectivity index (χ3v) is 5.48. The smallest absolute Gasteiger partial charge is 0.216 e. The molecule has 0 N–H and O–H groups in total. The molecule has 0 aliphatic carbocycles. The number of benzene rings is 2. The standard InChI is InChI=1S/C21H13BrCl2N4O/c1-12-19(21(29)14-9-25-11-26-10-14)27-28(18-7-6-16(23)8-17(18)24)20(12)13-2-4-15(22)5-3-13/h2-11H,1H3. The monoisotopic (exact) mass is 486 g/mol. The van der Waals surface area contributed by atoms with E-state index in [4.69, 9.17) is 23.2 Å². The third kappa shape index (κ3) is 3.83. The summed E-state index contributed by atoms with van der Waals surface area (Å²) in [6.45, 7) is 1.86. The van der Waals surface area contributed by atoms with Crippen molar-refractivity contribution in [3.63, 3.8) is 0 Å². The van der Waals surface area contributed by atoms with Crippen molar-refractivity contribution in [1.82, 2.24) is 19.7 Å². The fourth-order valence-corrected chi connectivity index (χ4v) is 3.79. The van der Waals surface area contributed by atoms with Crippen LogP contribution in [0, 0.1) is 6.92 Å². The lowest BCUT2D eigenvalue weighted by Crippen LogP contribution is -2.06. The maximum Gasteiger partial charge on any atom is 0.216 e. The highest BCUT2D eigenvalue weighted by Gasteiger charge is 2.24. The lowest BCUT2D eigenvalue weighted by Gasteiger charge is -2.11. The Hall–Kier alpha value is -2.54. The zero-order valence-corrected chi connectivity index (χ0v) is 18.2. The molecule has 0 saturated carbocycles. The second-order valence-electron chi connectivity index (χ2n) is 6.29. The van der Waals surface area contributed by atoms with Crippen LogP contribution in [0.2, 0.25) is 10.0 Å². The van der Waals surface area contributed by atoms with Crippen LogP contribution in [0.3, 0.4) is 0 Å². The number of carbonyl (C=O) groups is 1. The first-order valence-corrected chi connectivity index (χ1v) is 10.1. The number of carbonyl (C=O) groups excluding carboxylic acids is 1. The number of aromatic nitrogens is 4. The summed E-state index contributed by atoms with van der Waals surface area (Å²) < 4.78 is 2.63. The van der Waals surface area contributed by atoms with Crippen LogP contribution in [0.5, 0.6) is 0 Å². The maximum atomic E-state index is 13.1. The molecule has 4 aromatic rings. The van der Waals surface area contributed by atoms with Gasteiger partial charge in [-0.2, -0.15) is 5.10 Å². The van der Waals surface area contributed by atoms with Crippen molar-refractivity contribution in [2.75, 3.05) is 0 Å². The number of ketones is 1. The van der Waals surface area contributed by atoms with Crippen molar-refractivity contribution in [3.8, 4) is 16.9 Å². The molecule has 0 aliphatic heterocycles. The summed E-state index contributed by atoms with van der Waals surface area (Å²) in [6.07, 6.45) is 4.33. The van der Waals surface area contributed by atoms with Gasteiger partial charge in [0.2, 0.25) is 5.78 Å². The van der Waals surface area contributed by atoms with Crippen LogP contribution in [0.25, 0.3) is 16.9 Å². The second kappa shape index (κ2) is 8.06. The van der Waals surface area contributed by atoms with Crippen LogP contribution in [0.4, 0.5) is 0 Å². The van der Waals surface area contributed by atoms with Gasteiger partial charge in [-0.25, -0.2) is 14.6 Å². The first kappa shape index (κ1) is 19.8. The topological polar surface area (TPSA) is 60.7 Å². The molecule has 5 nitrogen and oxygen atoms in total. The molecule has 0 bridgehead atoms. The summed E-state index contributed by atoms with van der Waals surface area (Å²) in [7, 11) is 0. The number of hydrogen-bond acceptors (Lipinski definition) is 4. The Morgan fingerprint density at radius 1 is 1.03 bits per heavy atom. The fourth-order valence-electron chi connectivity index (χ4n) is 3.04. The van der Waals surface area contributed by atoms with E-state index in [1.165, 1.54) is 18.7 Å². The molecule has 0 amide bonds. The van der Waals surface area contributed by atoms with Crippen LogP contribution in [0.15, 0.2) is 65.7 Å². The predicted octanol–water partition coefficient (Wildman–Crippen LogP) is 5.94. The van der Waals surface area contributed by atoms with E-state index in [9.17, 15) is 4.79 Å². The minimum absolute atomic E-state index is 0.259. The van der Waals surface area contributed by atoms with E-state index < -0.39 is 0 Å². The second-order valence-corrected chi connectivity index (χ2v) is 8.05. The Morgan fingerprint density at radius 2 is 1.72 bits per heavy atom. The van der Waals surface area contributed by atoms with Crippen LogP contribution >= 0.6 is 39.1 Å². The van der Waals surface area contributed by atoms with Crippen molar-refractivity contribution in [3.05, 3.63) is 92.5 Å². The molecule has 0 aliphatic rings. The van der Waals surface area contributed by atoms with Crippen LogP contribution < -0.4 is 0 Å². The van der Waals surface area contributed by atoms with Crippen LogP contribution in [-0.2, 0) is 0 Å². The normalized spacial score (nSPS) is 10.9. The quantitative estimate of drug-likeness (QED) is 0.334. The molecule has 144 valence electrons. The van der Waals surface area contributed by atoms with Crippen LogP contribution in [-0.4, -0.2) is 25.5 Å². The maximum absolute atomic E-state index is 13.1. The largest absolute Gasteiger partial charge is 0.287 e. The van der Waals surface area contributed by atoms with Gasteiger partial charge >= 0.3 is 0 Å². The van der Waals surface area contributed by atoms with Crippen molar-refractivity contribution >= 4 is 44.9 Å². The Bertz CT molecular complexity index is 1210. The molecule has 0 spiro atoms. The lowest BCUT2D eigenvalue weighted by molar-refractivity contribution is 0.103. The van der Waals surface area contributed by atoms with E-state index in [0.717, 1.165) is 21.3 Å². The van der Waals surface area contributed by atoms with Gasteiger partial charge in [0.1, 0.15) is 12.0 Å². The van der Waals surface area contributed by atoms with Crippen molar-refractivity contribution in [2.45, 2.75) is 6.92 Å². The molecule has 0 radical (unpaired) electrons. The molecule has 0 atom stereocenters. The summed E-state index contributed by atoms with van der Waals surface area (Å²) >= 11 is 16.0. The first-order chi connectivity index (χ1) is 14.0. The van der Waals surface area contributed by atoms with Crippen molar-refractivity contribution in [1.29, 1.82) is 0 Å². The minimum atomic E-state index is -0.259. The van der Waals surface area contributed by atoms with Gasteiger partial charge in [0.05, 0.1) is 22.0 Å². The highest BCUT2D eigenvalue weighted by atomic mass is 79.9. The van der Waals surface area contributed by atoms with E-state index >= 15 is 0 Å². The van der Waals surface area contributed by atoms with Crippen LogP contribution in [0.1, 0.15) is 21.6 Å². The Labute approximate surface area is 185 Å². The van der Waals surface area contributed by atoms with Gasteiger partial charge in [0.25, 0.3) is 0 Å². The number of halogens is 3. The molecule has 29 heavy (non-hydrogen) atoms. The van der Waals surface area contributed by atoms with Gasteiger partial charge in [0, 0.05) is 33.0 Å². The third-order valence-electron chi connectivity index (χ3n) is 4.42. The lowest BCUT2D eigenvalue weighted by atomic mass is 10.0. The number of rotatable bonds is 4. The van der Waals surface area contributed by atoms with Crippen molar-refractivity contribution in [2.24, 2.45) is 0 Å². The summed E-state index contributed by atoms with van der Waals surface area (Å²) in [4.78, 5) is 20.9. The SMILES string of the molecule is Cc1c(C(=O)c2cncnc2)nn(-c2ccc(Cl)cc2Cl)c1-c1ccc(Br)cc1. The summed E-state index contributed by atoms with van der Waals surface area (Å²) in [5, 5.41) is 5.57. The fraction of sp³-hybridized carbons (Fsp3) is 0.0476. The number of nitrogens with zero attached hydrogens (tertiary/aromatic N) is 4. The Balaban J connectivity index is 1.96. The van der Waals surface area contributed by atoms with E-state index in [0.29, 0.717) is 27.0 Å². The summed E-state index contributed by atoms with van der Waals surface area (Å²) in [6, 6.07) is 12.9. The molecule has 2 heterocycles. The Morgan fingerprint density at radius 3 is 2.38 bits per heavy atom. The van der Waals surface area contributed by atoms with E-state index in [2.05, 4.69) is 31.0 Å². The molecule has 2 aromatic heterocycles. The zero-order chi connectivity index (χ0) is 20.5. The van der Waals surface area contributed by atoms with E-state index in [1.54, 1.807) is 22.9 Å². The highest BCUT2D eigenvalue weighted by Crippen LogP contribution is 2.33. The molecule has 0 unspecified atom stereocenters. The first-order valence-electron chi connectivity index (χ1n) is 8.56. The molecular weight excluding hydrogens is 475 g/mol. The van der Waals surface area contributed by atoms with Gasteiger partial charge in [-0.1, -0.05) is 51.3 Å².